The lowest BCUT2D eigenvalue weighted by atomic mass is 10.3. The second kappa shape index (κ2) is 3.15. The number of hydrogen-bond acceptors (Lipinski definition) is 5. The van der Waals surface area contributed by atoms with Crippen molar-refractivity contribution in [3.8, 4) is 0 Å². The fourth-order valence-corrected chi connectivity index (χ4v) is 1.35. The molecular formula is C7H7N5O3. The van der Waals surface area contributed by atoms with E-state index in [1.807, 2.05) is 0 Å². The van der Waals surface area contributed by atoms with Gasteiger partial charge in [0.2, 0.25) is 0 Å². The SMILES string of the molecule is CCn1nnc2c(=O)[nH]cc([N+](=O)[O-])c21. The average Bonchev–Trinajstić information content (AvgIpc) is 2.62. The van der Waals surface area contributed by atoms with Gasteiger partial charge in [-0.05, 0) is 6.92 Å². The molecule has 8 nitrogen and oxygen atoms in total. The zero-order chi connectivity index (χ0) is 11.0. The molecule has 0 radical (unpaired) electrons. The van der Waals surface area contributed by atoms with Gasteiger partial charge in [-0.25, -0.2) is 4.68 Å². The molecule has 0 spiro atoms. The fraction of sp³-hybridized carbons (Fsp3) is 0.286. The summed E-state index contributed by atoms with van der Waals surface area (Å²) in [7, 11) is 0. The predicted molar refractivity (Wildman–Crippen MR) is 50.5 cm³/mol. The van der Waals surface area contributed by atoms with E-state index >= 15 is 0 Å². The topological polar surface area (TPSA) is 107 Å². The van der Waals surface area contributed by atoms with Gasteiger partial charge in [0.1, 0.15) is 0 Å². The number of rotatable bonds is 2. The smallest absolute Gasteiger partial charge is 0.312 e. The van der Waals surface area contributed by atoms with Crippen molar-refractivity contribution in [2.75, 3.05) is 0 Å². The summed E-state index contributed by atoms with van der Waals surface area (Å²) in [5.74, 6) is 0. The molecule has 1 N–H and O–H groups in total. The van der Waals surface area contributed by atoms with Gasteiger partial charge < -0.3 is 4.98 Å². The Kier molecular flexibility index (Phi) is 1.96. The van der Waals surface area contributed by atoms with Crippen LogP contribution in [0.15, 0.2) is 11.0 Å². The van der Waals surface area contributed by atoms with Gasteiger partial charge in [-0.15, -0.1) is 5.10 Å². The van der Waals surface area contributed by atoms with Crippen molar-refractivity contribution in [1.82, 2.24) is 20.0 Å². The number of aromatic nitrogens is 4. The maximum absolute atomic E-state index is 11.3. The van der Waals surface area contributed by atoms with Crippen LogP contribution in [0.4, 0.5) is 5.69 Å². The third-order valence-electron chi connectivity index (χ3n) is 2.03. The molecule has 0 saturated carbocycles. The second-order valence-electron chi connectivity index (χ2n) is 2.86. The van der Waals surface area contributed by atoms with Crippen molar-refractivity contribution in [2.45, 2.75) is 13.5 Å². The summed E-state index contributed by atoms with van der Waals surface area (Å²) in [5, 5.41) is 18.0. The van der Waals surface area contributed by atoms with E-state index in [-0.39, 0.29) is 16.7 Å². The highest BCUT2D eigenvalue weighted by molar-refractivity contribution is 5.82. The van der Waals surface area contributed by atoms with E-state index in [0.29, 0.717) is 6.54 Å². The Hall–Kier alpha value is -2.25. The number of pyridine rings is 1. The van der Waals surface area contributed by atoms with Crippen molar-refractivity contribution in [2.24, 2.45) is 0 Å². The lowest BCUT2D eigenvalue weighted by Gasteiger charge is -1.96. The summed E-state index contributed by atoms with van der Waals surface area (Å²) in [6.45, 7) is 2.18. The lowest BCUT2D eigenvalue weighted by molar-refractivity contribution is -0.383. The Labute approximate surface area is 82.7 Å². The van der Waals surface area contributed by atoms with Gasteiger partial charge in [0, 0.05) is 6.54 Å². The molecule has 2 aromatic heterocycles. The molecule has 0 unspecified atom stereocenters. The van der Waals surface area contributed by atoms with E-state index in [0.717, 1.165) is 6.20 Å². The van der Waals surface area contributed by atoms with Crippen LogP contribution in [0.3, 0.4) is 0 Å². The first-order chi connectivity index (χ1) is 7.15. The van der Waals surface area contributed by atoms with Crippen molar-refractivity contribution >= 4 is 16.7 Å². The summed E-state index contributed by atoms with van der Waals surface area (Å²) >= 11 is 0. The largest absolute Gasteiger partial charge is 0.321 e. The number of aryl methyl sites for hydroxylation is 1. The van der Waals surface area contributed by atoms with Crippen molar-refractivity contribution in [3.05, 3.63) is 26.7 Å². The summed E-state index contributed by atoms with van der Waals surface area (Å²) in [6.07, 6.45) is 1.06. The van der Waals surface area contributed by atoms with Crippen molar-refractivity contribution in [1.29, 1.82) is 0 Å². The Morgan fingerprint density at radius 2 is 2.40 bits per heavy atom. The third-order valence-corrected chi connectivity index (χ3v) is 2.03. The van der Waals surface area contributed by atoms with Crippen molar-refractivity contribution in [3.63, 3.8) is 0 Å². The van der Waals surface area contributed by atoms with Gasteiger partial charge in [-0.1, -0.05) is 5.21 Å². The number of nitrogens with one attached hydrogen (secondary N) is 1. The molecule has 0 aliphatic rings. The number of H-pyrrole nitrogens is 1. The van der Waals surface area contributed by atoms with Gasteiger partial charge in [0.05, 0.1) is 11.1 Å². The maximum Gasteiger partial charge on any atom is 0.312 e. The van der Waals surface area contributed by atoms with Gasteiger partial charge >= 0.3 is 5.69 Å². The van der Waals surface area contributed by atoms with Crippen molar-refractivity contribution < 1.29 is 4.92 Å². The molecule has 8 heteroatoms. The molecule has 2 heterocycles. The number of fused-ring (bicyclic) bond motifs is 1. The van der Waals surface area contributed by atoms with E-state index in [2.05, 4.69) is 15.3 Å². The summed E-state index contributed by atoms with van der Waals surface area (Å²) < 4.78 is 1.32. The maximum atomic E-state index is 11.3. The van der Waals surface area contributed by atoms with E-state index in [1.54, 1.807) is 6.92 Å². The Morgan fingerprint density at radius 3 is 3.00 bits per heavy atom. The Balaban J connectivity index is 2.93. The molecule has 0 bridgehead atoms. The number of aromatic amines is 1. The molecule has 2 aromatic rings. The Morgan fingerprint density at radius 1 is 1.67 bits per heavy atom. The van der Waals surface area contributed by atoms with Crippen LogP contribution in [-0.4, -0.2) is 24.9 Å². The van der Waals surface area contributed by atoms with Crippen LogP contribution in [0.1, 0.15) is 6.92 Å². The first-order valence-electron chi connectivity index (χ1n) is 4.24. The lowest BCUT2D eigenvalue weighted by Crippen LogP contribution is -2.08. The molecule has 0 aliphatic carbocycles. The minimum atomic E-state index is -0.576. The normalized spacial score (nSPS) is 10.7. The molecule has 0 aromatic carbocycles. The first kappa shape index (κ1) is 9.31. The van der Waals surface area contributed by atoms with Crippen LogP contribution in [0.2, 0.25) is 0 Å². The van der Waals surface area contributed by atoms with Crippen LogP contribution in [-0.2, 0) is 6.54 Å². The van der Waals surface area contributed by atoms with Gasteiger partial charge in [-0.3, -0.25) is 14.9 Å². The molecule has 2 rings (SSSR count). The van der Waals surface area contributed by atoms with E-state index in [1.165, 1.54) is 4.68 Å². The molecule has 78 valence electrons. The van der Waals surface area contributed by atoms with Crippen LogP contribution in [0.5, 0.6) is 0 Å². The summed E-state index contributed by atoms with van der Waals surface area (Å²) in [5.41, 5.74) is -0.524. The quantitative estimate of drug-likeness (QED) is 0.555. The predicted octanol–water partition coefficient (Wildman–Crippen LogP) is 0.0477. The van der Waals surface area contributed by atoms with Gasteiger partial charge in [-0.2, -0.15) is 0 Å². The number of nitrogens with zero attached hydrogens (tertiary/aromatic N) is 4. The highest BCUT2D eigenvalue weighted by atomic mass is 16.6. The zero-order valence-corrected chi connectivity index (χ0v) is 7.80. The van der Waals surface area contributed by atoms with Gasteiger partial charge in [0.25, 0.3) is 5.56 Å². The van der Waals surface area contributed by atoms with Gasteiger partial charge in [0.15, 0.2) is 11.0 Å². The fourth-order valence-electron chi connectivity index (χ4n) is 1.35. The minimum absolute atomic E-state index is 0.00829. The van der Waals surface area contributed by atoms with Crippen LogP contribution in [0.25, 0.3) is 11.0 Å². The second-order valence-corrected chi connectivity index (χ2v) is 2.86. The standard InChI is InChI=1S/C7H7N5O3/c1-2-11-6-4(12(14)15)3-8-7(13)5(6)9-10-11/h3H,2H2,1H3,(H,8,13). The molecule has 0 amide bonds. The highest BCUT2D eigenvalue weighted by Gasteiger charge is 2.19. The summed E-state index contributed by atoms with van der Waals surface area (Å²) in [4.78, 5) is 23.7. The number of hydrogen-bond donors (Lipinski definition) is 1. The minimum Gasteiger partial charge on any atom is -0.321 e. The molecule has 0 fully saturated rings. The molecular weight excluding hydrogens is 202 g/mol. The van der Waals surface area contributed by atoms with Crippen LogP contribution in [0, 0.1) is 10.1 Å². The number of nitro groups is 1. The molecule has 15 heavy (non-hydrogen) atoms. The van der Waals surface area contributed by atoms with E-state index in [4.69, 9.17) is 0 Å². The third kappa shape index (κ3) is 1.26. The Bertz CT molecular complexity index is 584. The average molecular weight is 209 g/mol. The van der Waals surface area contributed by atoms with Crippen LogP contribution < -0.4 is 5.56 Å². The van der Waals surface area contributed by atoms with E-state index in [9.17, 15) is 14.9 Å². The monoisotopic (exact) mass is 209 g/mol. The molecule has 0 saturated heterocycles. The zero-order valence-electron chi connectivity index (χ0n) is 7.80. The molecule has 0 atom stereocenters. The van der Waals surface area contributed by atoms with Crippen LogP contribution >= 0.6 is 0 Å². The summed E-state index contributed by atoms with van der Waals surface area (Å²) in [6, 6.07) is 0. The molecule has 0 aliphatic heterocycles. The van der Waals surface area contributed by atoms with E-state index < -0.39 is 10.5 Å². The highest BCUT2D eigenvalue weighted by Crippen LogP contribution is 2.19. The first-order valence-corrected chi connectivity index (χ1v) is 4.24.